The van der Waals surface area contributed by atoms with Crippen LogP contribution >= 0.6 is 0 Å². The summed E-state index contributed by atoms with van der Waals surface area (Å²) in [5.74, 6) is -0.375. The predicted molar refractivity (Wildman–Crippen MR) is 73.3 cm³/mol. The number of para-hydroxylation sites is 1. The molecule has 0 bridgehead atoms. The second-order valence-electron chi connectivity index (χ2n) is 4.36. The van der Waals surface area contributed by atoms with E-state index in [9.17, 15) is 14.4 Å². The van der Waals surface area contributed by atoms with Crippen LogP contribution in [0.2, 0.25) is 0 Å². The van der Waals surface area contributed by atoms with E-state index >= 15 is 0 Å². The van der Waals surface area contributed by atoms with Gasteiger partial charge in [-0.25, -0.2) is 4.79 Å². The van der Waals surface area contributed by atoms with Gasteiger partial charge in [0.25, 0.3) is 0 Å². The number of carbonyl (C=O) groups is 2. The Bertz CT molecular complexity index is 727. The third-order valence-corrected chi connectivity index (χ3v) is 2.73. The average molecular weight is 274 g/mol. The van der Waals surface area contributed by atoms with Crippen molar-refractivity contribution < 1.29 is 18.7 Å². The van der Waals surface area contributed by atoms with Crippen molar-refractivity contribution in [1.82, 2.24) is 0 Å². The van der Waals surface area contributed by atoms with Crippen LogP contribution in [0.15, 0.2) is 33.5 Å². The molecular formula is C15H14O5. The number of Topliss-reactive ketones (excluding diaryl/α,β-unsaturated/α-hetero) is 2. The Hall–Kier alpha value is -2.43. The van der Waals surface area contributed by atoms with Gasteiger partial charge in [-0.15, -0.1) is 0 Å². The highest BCUT2D eigenvalue weighted by molar-refractivity contribution is 6.08. The van der Waals surface area contributed by atoms with E-state index in [-0.39, 0.29) is 17.8 Å². The fraction of sp³-hybridized carbons (Fsp3) is 0.267. The molecule has 0 saturated carbocycles. The van der Waals surface area contributed by atoms with Crippen molar-refractivity contribution in [3.63, 3.8) is 0 Å². The van der Waals surface area contributed by atoms with Gasteiger partial charge in [-0.05, 0) is 26.0 Å². The molecule has 0 fully saturated rings. The molecule has 2 aromatic rings. The Labute approximate surface area is 115 Å². The van der Waals surface area contributed by atoms with E-state index in [0.717, 1.165) is 0 Å². The van der Waals surface area contributed by atoms with Crippen LogP contribution in [0.25, 0.3) is 11.0 Å². The highest BCUT2D eigenvalue weighted by atomic mass is 16.5. The maximum atomic E-state index is 11.9. The molecule has 1 aromatic carbocycles. The van der Waals surface area contributed by atoms with Gasteiger partial charge in [0, 0.05) is 5.39 Å². The molecule has 0 N–H and O–H groups in total. The van der Waals surface area contributed by atoms with Gasteiger partial charge in [0.1, 0.15) is 11.3 Å². The molecule has 2 rings (SSSR count). The summed E-state index contributed by atoms with van der Waals surface area (Å²) in [7, 11) is 0. The molecule has 0 aliphatic carbocycles. The zero-order chi connectivity index (χ0) is 14.7. The van der Waals surface area contributed by atoms with Gasteiger partial charge >= 0.3 is 5.63 Å². The van der Waals surface area contributed by atoms with Crippen LogP contribution in [0.3, 0.4) is 0 Å². The molecule has 104 valence electrons. The van der Waals surface area contributed by atoms with Crippen LogP contribution in [0.4, 0.5) is 0 Å². The van der Waals surface area contributed by atoms with Gasteiger partial charge < -0.3 is 9.15 Å². The monoisotopic (exact) mass is 274 g/mol. The van der Waals surface area contributed by atoms with Crippen LogP contribution in [0, 0.1) is 0 Å². The summed E-state index contributed by atoms with van der Waals surface area (Å²) < 4.78 is 10.5. The number of hydrogen-bond donors (Lipinski definition) is 0. The minimum absolute atomic E-state index is 0.110. The topological polar surface area (TPSA) is 73.6 Å². The lowest BCUT2D eigenvalue weighted by Gasteiger charge is -2.06. The number of ether oxygens (including phenoxy) is 1. The van der Waals surface area contributed by atoms with E-state index in [0.29, 0.717) is 23.3 Å². The number of fused-ring (bicyclic) bond motifs is 1. The standard InChI is InChI=1S/C15H14O5/c1-3-19-13-6-4-5-10-8-11(12(17)7-9(2)16)15(18)20-14(10)13/h4-6,8H,3,7H2,1-2H3. The van der Waals surface area contributed by atoms with Crippen molar-refractivity contribution in [2.45, 2.75) is 20.3 Å². The molecule has 0 aliphatic rings. The molecule has 0 saturated heterocycles. The summed E-state index contributed by atoms with van der Waals surface area (Å²) in [5, 5.41) is 0.586. The number of ketones is 2. The van der Waals surface area contributed by atoms with E-state index < -0.39 is 11.4 Å². The largest absolute Gasteiger partial charge is 0.490 e. The van der Waals surface area contributed by atoms with Gasteiger partial charge in [0.05, 0.1) is 13.0 Å². The van der Waals surface area contributed by atoms with Gasteiger partial charge in [-0.3, -0.25) is 9.59 Å². The minimum Gasteiger partial charge on any atom is -0.490 e. The van der Waals surface area contributed by atoms with Crippen LogP contribution in [0.5, 0.6) is 5.75 Å². The maximum absolute atomic E-state index is 11.9. The van der Waals surface area contributed by atoms with Crippen LogP contribution in [0.1, 0.15) is 30.6 Å². The molecule has 1 aromatic heterocycles. The first-order valence-electron chi connectivity index (χ1n) is 6.25. The lowest BCUT2D eigenvalue weighted by molar-refractivity contribution is -0.116. The molecule has 0 radical (unpaired) electrons. The molecule has 0 unspecified atom stereocenters. The SMILES string of the molecule is CCOc1cccc2cc(C(=O)CC(C)=O)c(=O)oc12. The first kappa shape index (κ1) is 14.0. The van der Waals surface area contributed by atoms with Gasteiger partial charge in [-0.1, -0.05) is 12.1 Å². The Morgan fingerprint density at radius 3 is 2.70 bits per heavy atom. The van der Waals surface area contributed by atoms with Crippen molar-refractivity contribution >= 4 is 22.5 Å². The third-order valence-electron chi connectivity index (χ3n) is 2.73. The van der Waals surface area contributed by atoms with Gasteiger partial charge in [0.15, 0.2) is 17.1 Å². The third kappa shape index (κ3) is 2.77. The van der Waals surface area contributed by atoms with E-state index in [1.807, 2.05) is 6.92 Å². The lowest BCUT2D eigenvalue weighted by atomic mass is 10.1. The molecule has 5 nitrogen and oxygen atoms in total. The highest BCUT2D eigenvalue weighted by Gasteiger charge is 2.16. The quantitative estimate of drug-likeness (QED) is 0.475. The molecule has 0 aliphatic heterocycles. The number of hydrogen-bond acceptors (Lipinski definition) is 5. The summed E-state index contributed by atoms with van der Waals surface area (Å²) in [6.45, 7) is 3.56. The van der Waals surface area contributed by atoms with E-state index in [2.05, 4.69) is 0 Å². The summed E-state index contributed by atoms with van der Waals surface area (Å²) >= 11 is 0. The van der Waals surface area contributed by atoms with Crippen molar-refractivity contribution in [2.75, 3.05) is 6.61 Å². The molecule has 5 heteroatoms. The summed E-state index contributed by atoms with van der Waals surface area (Å²) in [6.07, 6.45) is -0.304. The van der Waals surface area contributed by atoms with Crippen molar-refractivity contribution in [2.24, 2.45) is 0 Å². The fourth-order valence-corrected chi connectivity index (χ4v) is 1.90. The number of rotatable bonds is 5. The second-order valence-corrected chi connectivity index (χ2v) is 4.36. The van der Waals surface area contributed by atoms with E-state index in [1.54, 1.807) is 18.2 Å². The molecule has 0 amide bonds. The fourth-order valence-electron chi connectivity index (χ4n) is 1.90. The maximum Gasteiger partial charge on any atom is 0.347 e. The summed E-state index contributed by atoms with van der Waals surface area (Å²) in [6, 6.07) is 6.58. The zero-order valence-corrected chi connectivity index (χ0v) is 11.3. The molecule has 1 heterocycles. The van der Waals surface area contributed by atoms with Gasteiger partial charge in [-0.2, -0.15) is 0 Å². The van der Waals surface area contributed by atoms with Crippen molar-refractivity contribution in [3.8, 4) is 5.75 Å². The molecule has 20 heavy (non-hydrogen) atoms. The first-order valence-corrected chi connectivity index (χ1v) is 6.25. The lowest BCUT2D eigenvalue weighted by Crippen LogP contribution is -2.16. The van der Waals surface area contributed by atoms with E-state index in [1.165, 1.54) is 13.0 Å². The smallest absolute Gasteiger partial charge is 0.347 e. The molecule has 0 atom stereocenters. The second kappa shape index (κ2) is 5.69. The Kier molecular flexibility index (Phi) is 3.98. The van der Waals surface area contributed by atoms with Crippen molar-refractivity contribution in [3.05, 3.63) is 40.2 Å². The highest BCUT2D eigenvalue weighted by Crippen LogP contribution is 2.25. The Morgan fingerprint density at radius 2 is 2.05 bits per heavy atom. The zero-order valence-electron chi connectivity index (χ0n) is 11.3. The summed E-state index contributed by atoms with van der Waals surface area (Å²) in [5.41, 5.74) is -0.559. The van der Waals surface area contributed by atoms with Crippen LogP contribution in [-0.2, 0) is 4.79 Å². The van der Waals surface area contributed by atoms with E-state index in [4.69, 9.17) is 9.15 Å². The number of benzene rings is 1. The minimum atomic E-state index is -0.754. The molecule has 0 spiro atoms. The van der Waals surface area contributed by atoms with Gasteiger partial charge in [0.2, 0.25) is 0 Å². The van der Waals surface area contributed by atoms with Crippen molar-refractivity contribution in [1.29, 1.82) is 0 Å². The predicted octanol–water partition coefficient (Wildman–Crippen LogP) is 2.35. The molecular weight excluding hydrogens is 260 g/mol. The average Bonchev–Trinajstić information content (AvgIpc) is 2.38. The summed E-state index contributed by atoms with van der Waals surface area (Å²) in [4.78, 5) is 34.6. The first-order chi connectivity index (χ1) is 9.52. The normalized spacial score (nSPS) is 10.5. The van der Waals surface area contributed by atoms with Crippen LogP contribution in [-0.4, -0.2) is 18.2 Å². The Balaban J connectivity index is 2.56. The van der Waals surface area contributed by atoms with Crippen LogP contribution < -0.4 is 10.4 Å². The Morgan fingerprint density at radius 1 is 1.30 bits per heavy atom. The number of carbonyl (C=O) groups excluding carboxylic acids is 2.